The lowest BCUT2D eigenvalue weighted by Gasteiger charge is -2.06. The van der Waals surface area contributed by atoms with Crippen molar-refractivity contribution in [1.29, 1.82) is 0 Å². The van der Waals surface area contributed by atoms with Gasteiger partial charge in [0.1, 0.15) is 0 Å². The highest BCUT2D eigenvalue weighted by Crippen LogP contribution is 2.13. The van der Waals surface area contributed by atoms with Gasteiger partial charge in [-0.3, -0.25) is 4.79 Å². The third-order valence-corrected chi connectivity index (χ3v) is 3.42. The summed E-state index contributed by atoms with van der Waals surface area (Å²) in [5, 5.41) is 2.91. The number of carbonyl (C=O) groups excluding carboxylic acids is 1. The van der Waals surface area contributed by atoms with Crippen LogP contribution in [-0.2, 0) is 6.42 Å². The number of carbonyl (C=O) groups is 1. The molecule has 0 radical (unpaired) electrons. The van der Waals surface area contributed by atoms with Crippen molar-refractivity contribution in [2.75, 3.05) is 5.32 Å². The molecule has 0 saturated carbocycles. The summed E-state index contributed by atoms with van der Waals surface area (Å²) in [6.45, 7) is 2.10. The first-order chi connectivity index (χ1) is 8.69. The second kappa shape index (κ2) is 6.00. The monoisotopic (exact) mass is 351 g/mol. The van der Waals surface area contributed by atoms with E-state index >= 15 is 0 Å². The average Bonchev–Trinajstić information content (AvgIpc) is 2.39. The van der Waals surface area contributed by atoms with Crippen molar-refractivity contribution in [3.05, 3.63) is 63.2 Å². The number of hydrogen-bond acceptors (Lipinski definition) is 1. The number of benzene rings is 2. The minimum Gasteiger partial charge on any atom is -0.322 e. The topological polar surface area (TPSA) is 29.1 Å². The number of nitrogens with one attached hydrogen (secondary N) is 1. The number of hydrogen-bond donors (Lipinski definition) is 1. The quantitative estimate of drug-likeness (QED) is 0.829. The molecule has 0 spiro atoms. The van der Waals surface area contributed by atoms with E-state index in [4.69, 9.17) is 0 Å². The summed E-state index contributed by atoms with van der Waals surface area (Å²) in [5.41, 5.74) is 2.74. The van der Waals surface area contributed by atoms with Crippen molar-refractivity contribution in [3.8, 4) is 0 Å². The van der Waals surface area contributed by atoms with Gasteiger partial charge in [-0.15, -0.1) is 0 Å². The molecular formula is C15H14INO. The zero-order valence-corrected chi connectivity index (χ0v) is 12.3. The van der Waals surface area contributed by atoms with E-state index in [-0.39, 0.29) is 5.91 Å². The molecule has 1 N–H and O–H groups in total. The fourth-order valence-electron chi connectivity index (χ4n) is 1.67. The van der Waals surface area contributed by atoms with Crippen LogP contribution in [0.4, 0.5) is 5.69 Å². The molecule has 3 heteroatoms. The van der Waals surface area contributed by atoms with Gasteiger partial charge in [-0.2, -0.15) is 0 Å². The predicted molar refractivity (Wildman–Crippen MR) is 82.9 cm³/mol. The molecule has 2 nitrogen and oxygen atoms in total. The van der Waals surface area contributed by atoms with Gasteiger partial charge in [0.15, 0.2) is 0 Å². The van der Waals surface area contributed by atoms with Gasteiger partial charge >= 0.3 is 0 Å². The highest BCUT2D eigenvalue weighted by molar-refractivity contribution is 14.1. The summed E-state index contributed by atoms with van der Waals surface area (Å²) in [7, 11) is 0. The predicted octanol–water partition coefficient (Wildman–Crippen LogP) is 4.11. The van der Waals surface area contributed by atoms with E-state index in [1.54, 1.807) is 0 Å². The summed E-state index contributed by atoms with van der Waals surface area (Å²) in [4.78, 5) is 12.0. The fourth-order valence-corrected chi connectivity index (χ4v) is 2.03. The maximum atomic E-state index is 12.0. The van der Waals surface area contributed by atoms with Gasteiger partial charge < -0.3 is 5.32 Å². The van der Waals surface area contributed by atoms with Crippen molar-refractivity contribution >= 4 is 34.2 Å². The molecule has 0 aliphatic carbocycles. The molecule has 2 aromatic rings. The smallest absolute Gasteiger partial charge is 0.255 e. The van der Waals surface area contributed by atoms with E-state index in [9.17, 15) is 4.79 Å². The molecule has 0 unspecified atom stereocenters. The molecule has 0 bridgehead atoms. The maximum Gasteiger partial charge on any atom is 0.255 e. The van der Waals surface area contributed by atoms with Crippen LogP contribution < -0.4 is 5.32 Å². The molecule has 0 aliphatic heterocycles. The Morgan fingerprint density at radius 3 is 2.56 bits per heavy atom. The Balaban J connectivity index is 2.13. The lowest BCUT2D eigenvalue weighted by atomic mass is 10.1. The lowest BCUT2D eigenvalue weighted by molar-refractivity contribution is 0.102. The fraction of sp³-hybridized carbons (Fsp3) is 0.133. The minimum absolute atomic E-state index is 0.0698. The van der Waals surface area contributed by atoms with E-state index in [0.29, 0.717) is 5.56 Å². The van der Waals surface area contributed by atoms with Gasteiger partial charge in [0.05, 0.1) is 0 Å². The largest absolute Gasteiger partial charge is 0.322 e. The number of amides is 1. The van der Waals surface area contributed by atoms with Crippen molar-refractivity contribution < 1.29 is 4.79 Å². The molecular weight excluding hydrogens is 337 g/mol. The molecule has 0 aliphatic rings. The Morgan fingerprint density at radius 2 is 1.89 bits per heavy atom. The normalized spacial score (nSPS) is 10.1. The molecule has 0 atom stereocenters. The van der Waals surface area contributed by atoms with Crippen molar-refractivity contribution in [2.45, 2.75) is 13.3 Å². The molecule has 1 amide bonds. The van der Waals surface area contributed by atoms with Crippen molar-refractivity contribution in [3.63, 3.8) is 0 Å². The number of halogens is 1. The first-order valence-electron chi connectivity index (χ1n) is 5.85. The third-order valence-electron chi connectivity index (χ3n) is 2.70. The van der Waals surface area contributed by atoms with E-state index in [2.05, 4.69) is 40.9 Å². The summed E-state index contributed by atoms with van der Waals surface area (Å²) < 4.78 is 1.12. The maximum absolute atomic E-state index is 12.0. The SMILES string of the molecule is CCc1cccc(NC(=O)c2ccc(I)cc2)c1. The molecule has 0 aromatic heterocycles. The second-order valence-electron chi connectivity index (χ2n) is 4.01. The van der Waals surface area contributed by atoms with Gasteiger partial charge in [-0.05, 0) is 71.0 Å². The third kappa shape index (κ3) is 3.32. The zero-order valence-electron chi connectivity index (χ0n) is 10.1. The molecule has 0 fully saturated rings. The summed E-state index contributed by atoms with van der Waals surface area (Å²) in [6.07, 6.45) is 0.966. The highest BCUT2D eigenvalue weighted by atomic mass is 127. The Hall–Kier alpha value is -1.36. The van der Waals surface area contributed by atoms with Crippen LogP contribution in [0.1, 0.15) is 22.8 Å². The van der Waals surface area contributed by atoms with Crippen LogP contribution in [0, 0.1) is 3.57 Å². The van der Waals surface area contributed by atoms with Crippen LogP contribution in [0.3, 0.4) is 0 Å². The Labute approximate surface area is 121 Å². The molecule has 2 rings (SSSR count). The zero-order chi connectivity index (χ0) is 13.0. The summed E-state index contributed by atoms with van der Waals surface area (Å²) in [5.74, 6) is -0.0698. The highest BCUT2D eigenvalue weighted by Gasteiger charge is 2.05. The van der Waals surface area contributed by atoms with E-state index in [1.165, 1.54) is 5.56 Å². The number of anilines is 1. The first-order valence-corrected chi connectivity index (χ1v) is 6.93. The van der Waals surface area contributed by atoms with Gasteiger partial charge in [0.25, 0.3) is 5.91 Å². The van der Waals surface area contributed by atoms with E-state index in [1.807, 2.05) is 42.5 Å². The summed E-state index contributed by atoms with van der Waals surface area (Å²) >= 11 is 2.22. The summed E-state index contributed by atoms with van der Waals surface area (Å²) in [6, 6.07) is 15.5. The molecule has 0 heterocycles. The molecule has 0 saturated heterocycles. The van der Waals surface area contributed by atoms with Crippen molar-refractivity contribution in [1.82, 2.24) is 0 Å². The van der Waals surface area contributed by atoms with Crippen LogP contribution in [0.15, 0.2) is 48.5 Å². The average molecular weight is 351 g/mol. The van der Waals surface area contributed by atoms with Gasteiger partial charge in [0, 0.05) is 14.8 Å². The second-order valence-corrected chi connectivity index (χ2v) is 5.26. The van der Waals surface area contributed by atoms with Crippen LogP contribution in [0.25, 0.3) is 0 Å². The lowest BCUT2D eigenvalue weighted by Crippen LogP contribution is -2.11. The molecule has 2 aromatic carbocycles. The first kappa shape index (κ1) is 13.1. The Bertz CT molecular complexity index is 549. The molecule has 92 valence electrons. The minimum atomic E-state index is -0.0698. The van der Waals surface area contributed by atoms with Gasteiger partial charge in [-0.25, -0.2) is 0 Å². The van der Waals surface area contributed by atoms with Crippen LogP contribution in [-0.4, -0.2) is 5.91 Å². The van der Waals surface area contributed by atoms with Gasteiger partial charge in [0.2, 0.25) is 0 Å². The van der Waals surface area contributed by atoms with Gasteiger partial charge in [-0.1, -0.05) is 19.1 Å². The Kier molecular flexibility index (Phi) is 4.36. The van der Waals surface area contributed by atoms with Crippen LogP contribution in [0.5, 0.6) is 0 Å². The number of rotatable bonds is 3. The standard InChI is InChI=1S/C15H14INO/c1-2-11-4-3-5-14(10-11)17-15(18)12-6-8-13(16)9-7-12/h3-10H,2H2,1H3,(H,17,18). The number of aryl methyl sites for hydroxylation is 1. The van der Waals surface area contributed by atoms with E-state index < -0.39 is 0 Å². The van der Waals surface area contributed by atoms with Crippen LogP contribution >= 0.6 is 22.6 Å². The van der Waals surface area contributed by atoms with Crippen LogP contribution in [0.2, 0.25) is 0 Å². The Morgan fingerprint density at radius 1 is 1.17 bits per heavy atom. The van der Waals surface area contributed by atoms with E-state index in [0.717, 1.165) is 15.7 Å². The van der Waals surface area contributed by atoms with Crippen molar-refractivity contribution in [2.24, 2.45) is 0 Å². The molecule has 18 heavy (non-hydrogen) atoms.